The highest BCUT2D eigenvalue weighted by atomic mass is 32.2. The van der Waals surface area contributed by atoms with Crippen LogP contribution >= 0.6 is 11.8 Å². The third-order valence-electron chi connectivity index (χ3n) is 5.25. The molecule has 132 valence electrons. The predicted octanol–water partition coefficient (Wildman–Crippen LogP) is 4.93. The Bertz CT molecular complexity index is 372. The fourth-order valence-corrected chi connectivity index (χ4v) is 5.26. The zero-order valence-electron chi connectivity index (χ0n) is 14.7. The summed E-state index contributed by atoms with van der Waals surface area (Å²) in [6.07, 6.45) is 17.8. The van der Waals surface area contributed by atoms with Gasteiger partial charge in [-0.25, -0.2) is 0 Å². The van der Waals surface area contributed by atoms with Gasteiger partial charge >= 0.3 is 0 Å². The van der Waals surface area contributed by atoms with E-state index in [0.717, 1.165) is 0 Å². The molecule has 0 aromatic heterocycles. The molecule has 1 aliphatic carbocycles. The van der Waals surface area contributed by atoms with Gasteiger partial charge in [-0.2, -0.15) is 0 Å². The molecule has 4 heteroatoms. The highest BCUT2D eigenvalue weighted by molar-refractivity contribution is 8.01. The van der Waals surface area contributed by atoms with Crippen molar-refractivity contribution in [3.8, 4) is 0 Å². The van der Waals surface area contributed by atoms with E-state index in [1.54, 1.807) is 18.8 Å². The number of hydrogen-bond donors (Lipinski definition) is 0. The molecule has 2 rings (SSSR count). The van der Waals surface area contributed by atoms with E-state index >= 15 is 0 Å². The Morgan fingerprint density at radius 3 is 1.61 bits per heavy atom. The van der Waals surface area contributed by atoms with Crippen LogP contribution in [0.3, 0.4) is 0 Å². The Balaban J connectivity index is 1.81. The number of likely N-dealkylation sites (tertiary alicyclic amines) is 1. The zero-order chi connectivity index (χ0) is 16.5. The van der Waals surface area contributed by atoms with Gasteiger partial charge in [-0.3, -0.25) is 14.5 Å². The van der Waals surface area contributed by atoms with Crippen molar-refractivity contribution in [1.82, 2.24) is 4.90 Å². The van der Waals surface area contributed by atoms with Gasteiger partial charge in [0.1, 0.15) is 0 Å². The molecular weight excluding hydrogens is 306 g/mol. The minimum atomic E-state index is -0.114. The molecule has 1 saturated heterocycles. The fourth-order valence-electron chi connectivity index (χ4n) is 3.68. The highest BCUT2D eigenvalue weighted by Gasteiger charge is 2.37. The predicted molar refractivity (Wildman–Crippen MR) is 97.6 cm³/mol. The third kappa shape index (κ3) is 6.48. The second kappa shape index (κ2) is 10.4. The van der Waals surface area contributed by atoms with E-state index in [0.29, 0.717) is 11.7 Å². The van der Waals surface area contributed by atoms with E-state index in [4.69, 9.17) is 0 Å². The van der Waals surface area contributed by atoms with Crippen LogP contribution in [-0.2, 0) is 9.59 Å². The Hall–Kier alpha value is -0.510. The average molecular weight is 340 g/mol. The molecule has 1 unspecified atom stereocenters. The molecule has 0 N–H and O–H groups in total. The van der Waals surface area contributed by atoms with Gasteiger partial charge in [0.2, 0.25) is 11.8 Å². The van der Waals surface area contributed by atoms with Crippen LogP contribution in [0, 0.1) is 0 Å². The van der Waals surface area contributed by atoms with Gasteiger partial charge in [0.25, 0.3) is 0 Å². The number of amides is 2. The van der Waals surface area contributed by atoms with Crippen molar-refractivity contribution in [1.29, 1.82) is 0 Å². The summed E-state index contributed by atoms with van der Waals surface area (Å²) in [5.74, 6) is 0.0211. The molecule has 0 radical (unpaired) electrons. The Morgan fingerprint density at radius 2 is 1.22 bits per heavy atom. The average Bonchev–Trinajstić information content (AvgIpc) is 2.78. The molecule has 0 bridgehead atoms. The lowest BCUT2D eigenvalue weighted by atomic mass is 10.0. The Labute approximate surface area is 146 Å². The SMILES string of the molecule is CN1C(=O)CC(SC2CCCCCCCCCCCCC2)C1=O. The normalized spacial score (nSPS) is 27.2. The zero-order valence-corrected chi connectivity index (χ0v) is 15.5. The fraction of sp³-hybridized carbons (Fsp3) is 0.895. The van der Waals surface area contributed by atoms with E-state index in [-0.39, 0.29) is 17.1 Å². The lowest BCUT2D eigenvalue weighted by Gasteiger charge is -2.20. The summed E-state index contributed by atoms with van der Waals surface area (Å²) in [7, 11) is 1.62. The largest absolute Gasteiger partial charge is 0.285 e. The number of imide groups is 1. The lowest BCUT2D eigenvalue weighted by molar-refractivity contribution is -0.136. The molecule has 1 heterocycles. The van der Waals surface area contributed by atoms with Crippen LogP contribution in [0.25, 0.3) is 0 Å². The van der Waals surface area contributed by atoms with Gasteiger partial charge in [-0.15, -0.1) is 11.8 Å². The molecule has 3 nitrogen and oxygen atoms in total. The molecule has 23 heavy (non-hydrogen) atoms. The van der Waals surface area contributed by atoms with Crippen LogP contribution in [0.15, 0.2) is 0 Å². The molecule has 2 fully saturated rings. The smallest absolute Gasteiger partial charge is 0.242 e. The van der Waals surface area contributed by atoms with Gasteiger partial charge < -0.3 is 0 Å². The van der Waals surface area contributed by atoms with Crippen LogP contribution in [0.5, 0.6) is 0 Å². The third-order valence-corrected chi connectivity index (χ3v) is 6.80. The van der Waals surface area contributed by atoms with Crippen LogP contribution in [0.1, 0.15) is 89.9 Å². The number of carbonyl (C=O) groups excluding carboxylic acids is 2. The standard InChI is InChI=1S/C19H33NO2S/c1-20-18(21)15-17(19(20)22)23-16-13-11-9-7-5-3-2-4-6-8-10-12-14-16/h16-17H,2-15H2,1H3. The second-order valence-electron chi connectivity index (χ2n) is 7.21. The van der Waals surface area contributed by atoms with Crippen molar-refractivity contribution in [2.24, 2.45) is 0 Å². The maximum absolute atomic E-state index is 12.1. The maximum atomic E-state index is 12.1. The maximum Gasteiger partial charge on any atom is 0.242 e. The van der Waals surface area contributed by atoms with E-state index in [1.165, 1.54) is 88.4 Å². The molecule has 1 saturated carbocycles. The molecule has 0 aromatic rings. The molecule has 2 amide bonds. The molecular formula is C19H33NO2S. The summed E-state index contributed by atoms with van der Waals surface area (Å²) >= 11 is 1.79. The summed E-state index contributed by atoms with van der Waals surface area (Å²) in [4.78, 5) is 25.2. The Morgan fingerprint density at radius 1 is 0.783 bits per heavy atom. The van der Waals surface area contributed by atoms with Crippen LogP contribution < -0.4 is 0 Å². The summed E-state index contributed by atoms with van der Waals surface area (Å²) in [6.45, 7) is 0. The van der Waals surface area contributed by atoms with Crippen LogP contribution in [0.4, 0.5) is 0 Å². The number of hydrogen-bond acceptors (Lipinski definition) is 3. The van der Waals surface area contributed by atoms with Gasteiger partial charge in [0.15, 0.2) is 0 Å². The molecule has 2 aliphatic rings. The van der Waals surface area contributed by atoms with Crippen LogP contribution in [0.2, 0.25) is 0 Å². The van der Waals surface area contributed by atoms with E-state index in [2.05, 4.69) is 0 Å². The van der Waals surface area contributed by atoms with Crippen molar-refractivity contribution < 1.29 is 9.59 Å². The molecule has 1 aliphatic heterocycles. The van der Waals surface area contributed by atoms with Crippen LogP contribution in [-0.4, -0.2) is 34.3 Å². The monoisotopic (exact) mass is 339 g/mol. The van der Waals surface area contributed by atoms with E-state index < -0.39 is 0 Å². The van der Waals surface area contributed by atoms with E-state index in [9.17, 15) is 9.59 Å². The number of carbonyl (C=O) groups is 2. The number of thioether (sulfide) groups is 1. The van der Waals surface area contributed by atoms with Crippen molar-refractivity contribution in [3.05, 3.63) is 0 Å². The summed E-state index contributed by atoms with van der Waals surface area (Å²) in [5.41, 5.74) is 0. The van der Waals surface area contributed by atoms with Gasteiger partial charge in [-0.05, 0) is 12.8 Å². The minimum absolute atomic E-state index is 0.00612. The molecule has 1 atom stereocenters. The first-order valence-electron chi connectivity index (χ1n) is 9.64. The quantitative estimate of drug-likeness (QED) is 0.669. The first kappa shape index (κ1) is 18.8. The summed E-state index contributed by atoms with van der Waals surface area (Å²) in [6, 6.07) is 0. The Kier molecular flexibility index (Phi) is 8.49. The van der Waals surface area contributed by atoms with Crippen molar-refractivity contribution in [3.63, 3.8) is 0 Å². The van der Waals surface area contributed by atoms with Gasteiger partial charge in [0, 0.05) is 18.7 Å². The topological polar surface area (TPSA) is 37.4 Å². The van der Waals surface area contributed by atoms with Crippen molar-refractivity contribution >= 4 is 23.6 Å². The van der Waals surface area contributed by atoms with Gasteiger partial charge in [-0.1, -0.05) is 70.6 Å². The minimum Gasteiger partial charge on any atom is -0.285 e. The van der Waals surface area contributed by atoms with Crippen molar-refractivity contribution in [2.75, 3.05) is 7.05 Å². The summed E-state index contributed by atoms with van der Waals surface area (Å²) < 4.78 is 0. The second-order valence-corrected chi connectivity index (χ2v) is 8.72. The van der Waals surface area contributed by atoms with Gasteiger partial charge in [0.05, 0.1) is 5.25 Å². The number of nitrogens with zero attached hydrogens (tertiary/aromatic N) is 1. The number of rotatable bonds is 2. The van der Waals surface area contributed by atoms with Crippen molar-refractivity contribution in [2.45, 2.75) is 100 Å². The highest BCUT2D eigenvalue weighted by Crippen LogP contribution is 2.33. The first-order valence-corrected chi connectivity index (χ1v) is 10.6. The van der Waals surface area contributed by atoms with E-state index in [1.807, 2.05) is 0 Å². The first-order chi connectivity index (χ1) is 11.2. The summed E-state index contributed by atoms with van der Waals surface area (Å²) in [5, 5.41) is 0.447. The molecule has 0 aromatic carbocycles. The molecule has 0 spiro atoms. The lowest BCUT2D eigenvalue weighted by Crippen LogP contribution is -2.27.